The van der Waals surface area contributed by atoms with Gasteiger partial charge < -0.3 is 61.9 Å². The molecule has 0 bridgehead atoms. The van der Waals surface area contributed by atoms with E-state index in [1.807, 2.05) is 188 Å². The fourth-order valence-electron chi connectivity index (χ4n) is 11.1. The van der Waals surface area contributed by atoms with Gasteiger partial charge in [-0.1, -0.05) is 223 Å². The Balaban J connectivity index is 0.000000184. The topological polar surface area (TPSA) is 210 Å². The van der Waals surface area contributed by atoms with Crippen LogP contribution in [0, 0.1) is 0 Å². The van der Waals surface area contributed by atoms with E-state index < -0.39 is 29.8 Å². The normalized spacial score (nSPS) is 10.8. The monoisotopic (exact) mass is 1570 g/mol. The molecule has 0 unspecified atom stereocenters. The van der Waals surface area contributed by atoms with E-state index in [2.05, 4.69) is 26.6 Å². The summed E-state index contributed by atoms with van der Waals surface area (Å²) in [6, 6.07) is 68.7. The number of carbonyl (C=O) groups is 2. The maximum Gasteiger partial charge on any atom is 0.279 e. The Bertz CT molecular complexity index is 5170. The van der Waals surface area contributed by atoms with E-state index in [1.54, 1.807) is 79.3 Å². The predicted molar refractivity (Wildman–Crippen MR) is 419 cm³/mol. The van der Waals surface area contributed by atoms with E-state index in [4.69, 9.17) is 68.0 Å². The lowest BCUT2D eigenvalue weighted by atomic mass is 10.1. The van der Waals surface area contributed by atoms with Gasteiger partial charge in [0.2, 0.25) is 16.3 Å². The largest absolute Gasteiger partial charge is 0.483 e. The SMILES string of the molecule is COC(Cn1cc(-c2ccccc2)c(=O)c(OCc2ccccc2)c1C(=O)NCc1cccc(Cl)c1)OC.COC(Cn1cc(Br)c(=O)c(OCc2ccccc2)c1C(=O)NCc1cccc(Cl)c1)OC.Cl.O=c1c(-c2ccccc2)cn2ccn(Cc3cccc(Cl)c3)c(=O)c2c1OCc1ccccc1. The van der Waals surface area contributed by atoms with Gasteiger partial charge in [0, 0.05) is 98.7 Å². The summed E-state index contributed by atoms with van der Waals surface area (Å²) in [7, 11) is 6.02. The van der Waals surface area contributed by atoms with Crippen LogP contribution >= 0.6 is 63.1 Å². The van der Waals surface area contributed by atoms with Crippen LogP contribution in [0.4, 0.5) is 0 Å². The van der Waals surface area contributed by atoms with Gasteiger partial charge in [0.1, 0.15) is 19.8 Å². The predicted octanol–water partition coefficient (Wildman–Crippen LogP) is 15.5. The average Bonchev–Trinajstić information content (AvgIpc) is 0.724. The fraction of sp³-hybridized carbons (Fsp3) is 0.171. The van der Waals surface area contributed by atoms with Crippen molar-refractivity contribution < 1.29 is 42.7 Å². The molecule has 8 aromatic carbocycles. The summed E-state index contributed by atoms with van der Waals surface area (Å²) >= 11 is 21.5. The number of benzene rings is 8. The third-order valence-corrected chi connectivity index (χ3v) is 17.7. The minimum absolute atomic E-state index is 0. The minimum atomic E-state index is -0.664. The number of carbonyl (C=O) groups excluding carboxylic acids is 2. The standard InChI is InChI=1S/C30H29ClN2O5.C28H21ClN2O3.C24H24BrClN2O5.ClH/c1-36-26(37-2)19-33-18-25(23-13-7-4-8-14-23)28(34)29(38-20-21-10-5-3-6-11-21)27(33)30(35)32-17-22-12-9-15-24(31)16-22;29-23-13-7-10-21(16-23)17-31-15-14-30-18-24(22-11-5-2-6-12-22)26(32)27(25(30)28(31)33)34-19-20-8-3-1-4-9-20;1-31-20(32-2)14-28-13-19(25)22(29)23(33-15-16-7-4-3-5-8-16)21(28)24(30)27-12-17-9-6-10-18(26)11-17;/h3-16,18,26H,17,19-20H2,1-2H3,(H,32,35);1-16,18H,17,19H2;3-11,13,20H,12,14-15H2,1-2H3,(H,27,30);1H. The van der Waals surface area contributed by atoms with Crippen molar-refractivity contribution in [3.63, 3.8) is 0 Å². The molecule has 106 heavy (non-hydrogen) atoms. The number of rotatable bonds is 27. The molecule has 19 nitrogen and oxygen atoms in total. The molecule has 2 amide bonds. The van der Waals surface area contributed by atoms with Gasteiger partial charge >= 0.3 is 0 Å². The van der Waals surface area contributed by atoms with Crippen LogP contribution in [0.3, 0.4) is 0 Å². The minimum Gasteiger partial charge on any atom is -0.483 e. The fourth-order valence-corrected chi connectivity index (χ4v) is 12.2. The summed E-state index contributed by atoms with van der Waals surface area (Å²) in [5.41, 5.74) is 6.36. The van der Waals surface area contributed by atoms with Crippen LogP contribution in [0.15, 0.2) is 279 Å². The Kier molecular flexibility index (Phi) is 29.8. The summed E-state index contributed by atoms with van der Waals surface area (Å²) in [5.74, 6) is -1.03. The summed E-state index contributed by atoms with van der Waals surface area (Å²) in [4.78, 5) is 80.8. The summed E-state index contributed by atoms with van der Waals surface area (Å²) in [6.45, 7) is 1.47. The molecule has 0 aliphatic rings. The molecule has 0 saturated heterocycles. The number of ether oxygens (including phenoxy) is 7. The molecule has 12 rings (SSSR count). The highest BCUT2D eigenvalue weighted by Crippen LogP contribution is 2.28. The van der Waals surface area contributed by atoms with Crippen molar-refractivity contribution in [2.24, 2.45) is 0 Å². The number of methoxy groups -OCH3 is 4. The number of fused-ring (bicyclic) bond motifs is 1. The van der Waals surface area contributed by atoms with E-state index in [9.17, 15) is 28.8 Å². The number of amides is 2. The van der Waals surface area contributed by atoms with Crippen molar-refractivity contribution >= 4 is 80.5 Å². The number of hydrogen-bond donors (Lipinski definition) is 2. The molecule has 4 heterocycles. The first kappa shape index (κ1) is 79.8. The summed E-state index contributed by atoms with van der Waals surface area (Å²) in [5, 5.41) is 7.47. The Morgan fingerprint density at radius 2 is 0.774 bits per heavy atom. The van der Waals surface area contributed by atoms with Gasteiger partial charge in [0.05, 0.1) is 24.1 Å². The van der Waals surface area contributed by atoms with Gasteiger partial charge in [-0.3, -0.25) is 28.8 Å². The van der Waals surface area contributed by atoms with Gasteiger partial charge in [0.15, 0.2) is 46.7 Å². The van der Waals surface area contributed by atoms with Crippen LogP contribution < -0.4 is 46.7 Å². The molecule has 0 saturated carbocycles. The van der Waals surface area contributed by atoms with Gasteiger partial charge in [-0.05, 0) is 96.8 Å². The van der Waals surface area contributed by atoms with Gasteiger partial charge in [0.25, 0.3) is 17.4 Å². The zero-order valence-corrected chi connectivity index (χ0v) is 62.7. The number of pyridine rings is 3. The third kappa shape index (κ3) is 21.4. The van der Waals surface area contributed by atoms with Crippen molar-refractivity contribution in [1.29, 1.82) is 0 Å². The Morgan fingerprint density at radius 1 is 0.415 bits per heavy atom. The number of aromatic nitrogens is 4. The number of nitrogens with zero attached hydrogens (tertiary/aromatic N) is 4. The zero-order chi connectivity index (χ0) is 74.2. The van der Waals surface area contributed by atoms with Crippen LogP contribution in [0.5, 0.6) is 17.2 Å². The van der Waals surface area contributed by atoms with E-state index in [0.717, 1.165) is 38.9 Å². The second kappa shape index (κ2) is 39.7. The molecule has 4 aromatic heterocycles. The third-order valence-electron chi connectivity index (χ3n) is 16.4. The van der Waals surface area contributed by atoms with Crippen molar-refractivity contribution in [3.8, 4) is 39.5 Å². The van der Waals surface area contributed by atoms with Crippen molar-refractivity contribution in [2.45, 2.75) is 65.1 Å². The molecule has 12 aromatic rings. The smallest absolute Gasteiger partial charge is 0.279 e. The summed E-state index contributed by atoms with van der Waals surface area (Å²) in [6.07, 6.45) is 7.03. The van der Waals surface area contributed by atoms with Crippen LogP contribution in [0.25, 0.3) is 27.8 Å². The first-order valence-corrected chi connectivity index (χ1v) is 35.0. The van der Waals surface area contributed by atoms with E-state index in [1.165, 1.54) is 34.6 Å². The molecule has 0 fully saturated rings. The second-order valence-electron chi connectivity index (χ2n) is 23.6. The van der Waals surface area contributed by atoms with E-state index in [-0.39, 0.29) is 113 Å². The molecule has 0 aliphatic carbocycles. The first-order chi connectivity index (χ1) is 51.0. The van der Waals surface area contributed by atoms with Crippen molar-refractivity contribution in [2.75, 3.05) is 28.4 Å². The highest BCUT2D eigenvalue weighted by Gasteiger charge is 2.28. The molecule has 0 aliphatic heterocycles. The molecule has 0 spiro atoms. The lowest BCUT2D eigenvalue weighted by molar-refractivity contribution is -0.111. The number of halogens is 5. The van der Waals surface area contributed by atoms with Crippen molar-refractivity contribution in [3.05, 3.63) is 361 Å². The van der Waals surface area contributed by atoms with Crippen molar-refractivity contribution in [1.82, 2.24) is 28.7 Å². The molecule has 2 N–H and O–H groups in total. The molecule has 0 radical (unpaired) electrons. The molecular formula is C82H75BrCl4N6O13. The highest BCUT2D eigenvalue weighted by atomic mass is 79.9. The Morgan fingerprint density at radius 3 is 1.20 bits per heavy atom. The van der Waals surface area contributed by atoms with Gasteiger partial charge in [-0.25, -0.2) is 0 Å². The average molecular weight is 1570 g/mol. The second-order valence-corrected chi connectivity index (χ2v) is 25.8. The number of nitrogens with one attached hydrogen (secondary N) is 2. The lowest BCUT2D eigenvalue weighted by Crippen LogP contribution is -2.33. The molecule has 0 atom stereocenters. The van der Waals surface area contributed by atoms with Crippen LogP contribution in [-0.2, 0) is 71.5 Å². The molecule has 546 valence electrons. The zero-order valence-electron chi connectivity index (χ0n) is 58.1. The van der Waals surface area contributed by atoms with Gasteiger partial charge in [-0.15, -0.1) is 12.4 Å². The molecular weight excluding hydrogens is 1500 g/mol. The van der Waals surface area contributed by atoms with Crippen LogP contribution in [0.2, 0.25) is 15.1 Å². The maximum absolute atomic E-state index is 13.8. The highest BCUT2D eigenvalue weighted by molar-refractivity contribution is 9.10. The number of hydrogen-bond acceptors (Lipinski definition) is 13. The van der Waals surface area contributed by atoms with E-state index >= 15 is 0 Å². The van der Waals surface area contributed by atoms with Crippen LogP contribution in [-0.4, -0.2) is 70.9 Å². The first-order valence-electron chi connectivity index (χ1n) is 33.0. The molecule has 24 heteroatoms. The lowest BCUT2D eigenvalue weighted by Gasteiger charge is -2.22. The Labute approximate surface area is 641 Å². The maximum atomic E-state index is 13.8. The Hall–Kier alpha value is -10.4. The van der Waals surface area contributed by atoms with Crippen LogP contribution in [0.1, 0.15) is 54.4 Å². The summed E-state index contributed by atoms with van der Waals surface area (Å²) < 4.78 is 46.2. The van der Waals surface area contributed by atoms with E-state index in [0.29, 0.717) is 38.3 Å². The quantitative estimate of drug-likeness (QED) is 0.0460. The van der Waals surface area contributed by atoms with Gasteiger partial charge in [-0.2, -0.15) is 0 Å².